The predicted molar refractivity (Wildman–Crippen MR) is 56.9 cm³/mol. The van der Waals surface area contributed by atoms with Crippen LogP contribution in [-0.2, 0) is 4.79 Å². The van der Waals surface area contributed by atoms with Crippen LogP contribution in [-0.4, -0.2) is 17.9 Å². The van der Waals surface area contributed by atoms with Gasteiger partial charge in [-0.3, -0.25) is 9.59 Å². The first-order valence-electron chi connectivity index (χ1n) is 4.67. The number of anilines is 1. The monoisotopic (exact) mass is 243 g/mol. The van der Waals surface area contributed by atoms with Crippen LogP contribution in [0.5, 0.6) is 0 Å². The third kappa shape index (κ3) is 2.90. The van der Waals surface area contributed by atoms with Gasteiger partial charge in [0.15, 0.2) is 0 Å². The Morgan fingerprint density at radius 2 is 1.88 bits per heavy atom. The van der Waals surface area contributed by atoms with Gasteiger partial charge in [0.25, 0.3) is 5.91 Å². The van der Waals surface area contributed by atoms with Gasteiger partial charge in [-0.15, -0.1) is 0 Å². The van der Waals surface area contributed by atoms with Crippen LogP contribution in [0.15, 0.2) is 12.1 Å². The average molecular weight is 243 g/mol. The Morgan fingerprint density at radius 1 is 1.29 bits per heavy atom. The van der Waals surface area contributed by atoms with Crippen LogP contribution in [0.2, 0.25) is 0 Å². The summed E-state index contributed by atoms with van der Waals surface area (Å²) in [4.78, 5) is 22.2. The van der Waals surface area contributed by atoms with E-state index in [1.807, 2.05) is 0 Å². The summed E-state index contributed by atoms with van der Waals surface area (Å²) in [5.74, 6) is -3.68. The lowest BCUT2D eigenvalue weighted by Gasteiger charge is -2.11. The number of benzene rings is 1. The molecule has 1 aromatic carbocycles. The van der Waals surface area contributed by atoms with Crippen molar-refractivity contribution < 1.29 is 18.4 Å². The van der Waals surface area contributed by atoms with Gasteiger partial charge in [-0.05, 0) is 13.0 Å². The topological polar surface area (TPSA) is 98.2 Å². The quantitative estimate of drug-likeness (QED) is 0.659. The Kier molecular flexibility index (Phi) is 3.62. The Morgan fingerprint density at radius 3 is 2.41 bits per heavy atom. The zero-order valence-electron chi connectivity index (χ0n) is 8.96. The number of rotatable bonds is 3. The maximum Gasteiger partial charge on any atom is 0.254 e. The largest absolute Gasteiger partial charge is 0.396 e. The highest BCUT2D eigenvalue weighted by atomic mass is 19.1. The Hall–Kier alpha value is -2.18. The number of hydrogen-bond acceptors (Lipinski definition) is 3. The lowest BCUT2D eigenvalue weighted by Crippen LogP contribution is -2.42. The van der Waals surface area contributed by atoms with E-state index in [2.05, 4.69) is 5.32 Å². The summed E-state index contributed by atoms with van der Waals surface area (Å²) in [7, 11) is 0. The smallest absolute Gasteiger partial charge is 0.254 e. The molecule has 5 N–H and O–H groups in total. The molecule has 0 fully saturated rings. The summed E-state index contributed by atoms with van der Waals surface area (Å²) in [6.07, 6.45) is 0. The van der Waals surface area contributed by atoms with E-state index in [1.165, 1.54) is 6.92 Å². The number of halogens is 2. The highest BCUT2D eigenvalue weighted by Crippen LogP contribution is 2.16. The summed E-state index contributed by atoms with van der Waals surface area (Å²) in [5.41, 5.74) is 9.32. The number of nitrogen functional groups attached to an aromatic ring is 1. The lowest BCUT2D eigenvalue weighted by atomic mass is 10.1. The standard InChI is InChI=1S/C10H11F2N3O2/c1-4(9(14)16)15-10(17)5-2-8(13)7(12)3-6(5)11/h2-4H,13H2,1H3,(H2,14,16)(H,15,17). The van der Waals surface area contributed by atoms with Gasteiger partial charge in [-0.1, -0.05) is 0 Å². The minimum Gasteiger partial charge on any atom is -0.396 e. The van der Waals surface area contributed by atoms with Gasteiger partial charge in [0.05, 0.1) is 11.3 Å². The molecule has 17 heavy (non-hydrogen) atoms. The normalized spacial score (nSPS) is 11.9. The molecule has 1 aromatic rings. The van der Waals surface area contributed by atoms with Crippen LogP contribution in [0.25, 0.3) is 0 Å². The predicted octanol–water partition coefficient (Wildman–Crippen LogP) is 0.151. The average Bonchev–Trinajstić information content (AvgIpc) is 2.22. The molecule has 0 radical (unpaired) electrons. The molecule has 0 saturated carbocycles. The summed E-state index contributed by atoms with van der Waals surface area (Å²) in [6.45, 7) is 1.34. The minimum atomic E-state index is -1.06. The fourth-order valence-corrected chi connectivity index (χ4v) is 1.09. The Balaban J connectivity index is 2.97. The van der Waals surface area contributed by atoms with Crippen molar-refractivity contribution >= 4 is 17.5 Å². The van der Waals surface area contributed by atoms with Crippen LogP contribution in [0.4, 0.5) is 14.5 Å². The molecular weight excluding hydrogens is 232 g/mol. The van der Waals surface area contributed by atoms with E-state index in [4.69, 9.17) is 11.5 Å². The summed E-state index contributed by atoms with van der Waals surface area (Å²) >= 11 is 0. The van der Waals surface area contributed by atoms with Crippen LogP contribution >= 0.6 is 0 Å². The summed E-state index contributed by atoms with van der Waals surface area (Å²) in [5, 5.41) is 2.15. The zero-order chi connectivity index (χ0) is 13.2. The van der Waals surface area contributed by atoms with Crippen molar-refractivity contribution in [2.24, 2.45) is 5.73 Å². The van der Waals surface area contributed by atoms with Crippen molar-refractivity contribution in [3.63, 3.8) is 0 Å². The highest BCUT2D eigenvalue weighted by Gasteiger charge is 2.18. The van der Waals surface area contributed by atoms with Crippen molar-refractivity contribution in [3.8, 4) is 0 Å². The number of amides is 2. The van der Waals surface area contributed by atoms with Gasteiger partial charge in [0.2, 0.25) is 5.91 Å². The van der Waals surface area contributed by atoms with E-state index in [-0.39, 0.29) is 5.69 Å². The van der Waals surface area contributed by atoms with Crippen molar-refractivity contribution in [1.29, 1.82) is 0 Å². The second kappa shape index (κ2) is 4.77. The van der Waals surface area contributed by atoms with E-state index in [1.54, 1.807) is 0 Å². The van der Waals surface area contributed by atoms with Gasteiger partial charge in [-0.25, -0.2) is 8.78 Å². The SMILES string of the molecule is CC(NC(=O)c1cc(N)c(F)cc1F)C(N)=O. The molecule has 1 rings (SSSR count). The fraction of sp³-hybridized carbons (Fsp3) is 0.200. The third-order valence-corrected chi connectivity index (χ3v) is 2.11. The molecule has 1 atom stereocenters. The molecular formula is C10H11F2N3O2. The van der Waals surface area contributed by atoms with Crippen molar-refractivity contribution in [2.45, 2.75) is 13.0 Å². The van der Waals surface area contributed by atoms with Crippen LogP contribution in [0.3, 0.4) is 0 Å². The van der Waals surface area contributed by atoms with Gasteiger partial charge < -0.3 is 16.8 Å². The number of primary amides is 1. The molecule has 0 aromatic heterocycles. The second-order valence-corrected chi connectivity index (χ2v) is 3.45. The van der Waals surface area contributed by atoms with E-state index < -0.39 is 35.1 Å². The molecule has 7 heteroatoms. The molecule has 1 unspecified atom stereocenters. The molecule has 0 spiro atoms. The molecule has 0 aliphatic rings. The van der Waals surface area contributed by atoms with E-state index in [9.17, 15) is 18.4 Å². The molecule has 5 nitrogen and oxygen atoms in total. The van der Waals surface area contributed by atoms with Gasteiger partial charge >= 0.3 is 0 Å². The van der Waals surface area contributed by atoms with E-state index in [0.717, 1.165) is 6.07 Å². The molecule has 0 heterocycles. The first kappa shape index (κ1) is 12.9. The molecule has 0 aliphatic carbocycles. The van der Waals surface area contributed by atoms with E-state index >= 15 is 0 Å². The minimum absolute atomic E-state index is 0.358. The van der Waals surface area contributed by atoms with Crippen molar-refractivity contribution in [2.75, 3.05) is 5.73 Å². The summed E-state index contributed by atoms with van der Waals surface area (Å²) in [6, 6.07) is 0.389. The van der Waals surface area contributed by atoms with Gasteiger partial charge in [-0.2, -0.15) is 0 Å². The van der Waals surface area contributed by atoms with Crippen LogP contribution in [0, 0.1) is 11.6 Å². The van der Waals surface area contributed by atoms with Crippen LogP contribution in [0.1, 0.15) is 17.3 Å². The molecule has 0 bridgehead atoms. The van der Waals surface area contributed by atoms with Crippen molar-refractivity contribution in [1.82, 2.24) is 5.32 Å². The number of carbonyl (C=O) groups excluding carboxylic acids is 2. The number of hydrogen-bond donors (Lipinski definition) is 3. The zero-order valence-corrected chi connectivity index (χ0v) is 8.96. The highest BCUT2D eigenvalue weighted by molar-refractivity contribution is 5.98. The van der Waals surface area contributed by atoms with Gasteiger partial charge in [0, 0.05) is 6.07 Å². The van der Waals surface area contributed by atoms with Gasteiger partial charge in [0.1, 0.15) is 17.7 Å². The van der Waals surface area contributed by atoms with Crippen LogP contribution < -0.4 is 16.8 Å². The van der Waals surface area contributed by atoms with Crippen molar-refractivity contribution in [3.05, 3.63) is 29.3 Å². The first-order chi connectivity index (χ1) is 7.82. The number of nitrogens with one attached hydrogen (secondary N) is 1. The summed E-state index contributed by atoms with van der Waals surface area (Å²) < 4.78 is 26.1. The molecule has 92 valence electrons. The molecule has 0 saturated heterocycles. The third-order valence-electron chi connectivity index (χ3n) is 2.11. The fourth-order valence-electron chi connectivity index (χ4n) is 1.09. The molecule has 0 aliphatic heterocycles. The maximum absolute atomic E-state index is 13.3. The molecule has 2 amide bonds. The number of carbonyl (C=O) groups is 2. The second-order valence-electron chi connectivity index (χ2n) is 3.45. The Bertz CT molecular complexity index is 477. The van der Waals surface area contributed by atoms with E-state index in [0.29, 0.717) is 6.07 Å². The lowest BCUT2D eigenvalue weighted by molar-refractivity contribution is -0.119. The number of nitrogens with two attached hydrogens (primary N) is 2. The Labute approximate surface area is 95.8 Å². The maximum atomic E-state index is 13.3. The first-order valence-corrected chi connectivity index (χ1v) is 4.67.